The van der Waals surface area contributed by atoms with E-state index in [0.29, 0.717) is 25.1 Å². The van der Waals surface area contributed by atoms with Gasteiger partial charge in [-0.25, -0.2) is 8.78 Å². The standard InChI is InChI=1S/C23H28F5N5S/c1-4-32-10-7-16(11-17(32)34-29)30-14(2)20-18(23(26,27)28)19(15-5-6-15)31-33(20)13-21(3)8-9-22(24,25)12-21/h7,10-11,15H,2,4-6,8-9,12-13,29H2,1,3H3/p+1. The first-order valence-electron chi connectivity index (χ1n) is 11.3. The Kier molecular flexibility index (Phi) is 6.48. The fraction of sp³-hybridized carbons (Fsp3) is 0.565. The number of rotatable bonds is 8. The molecule has 0 aliphatic heterocycles. The monoisotopic (exact) mass is 502 g/mol. The van der Waals surface area contributed by atoms with Crippen LogP contribution in [0.5, 0.6) is 0 Å². The molecular weight excluding hydrogens is 473 g/mol. The summed E-state index contributed by atoms with van der Waals surface area (Å²) >= 11 is 1.03. The Morgan fingerprint density at radius 3 is 2.59 bits per heavy atom. The van der Waals surface area contributed by atoms with Gasteiger partial charge in [-0.1, -0.05) is 13.5 Å². The summed E-state index contributed by atoms with van der Waals surface area (Å²) in [5.74, 6) is -3.10. The molecule has 11 heteroatoms. The van der Waals surface area contributed by atoms with Crippen LogP contribution in [0.4, 0.5) is 27.6 Å². The molecule has 1 atom stereocenters. The maximum Gasteiger partial charge on any atom is 0.420 e. The lowest BCUT2D eigenvalue weighted by atomic mass is 9.88. The first-order chi connectivity index (χ1) is 15.9. The minimum absolute atomic E-state index is 0.0160. The molecule has 0 radical (unpaired) electrons. The molecule has 2 aliphatic carbocycles. The molecule has 34 heavy (non-hydrogen) atoms. The van der Waals surface area contributed by atoms with E-state index < -0.39 is 23.1 Å². The molecule has 2 heterocycles. The van der Waals surface area contributed by atoms with Crippen LogP contribution in [0.2, 0.25) is 0 Å². The second-order valence-electron chi connectivity index (χ2n) is 9.64. The van der Waals surface area contributed by atoms with E-state index in [1.807, 2.05) is 11.5 Å². The van der Waals surface area contributed by atoms with Gasteiger partial charge in [0, 0.05) is 49.4 Å². The van der Waals surface area contributed by atoms with Crippen molar-refractivity contribution in [3.05, 3.63) is 41.9 Å². The zero-order chi connectivity index (χ0) is 24.9. The van der Waals surface area contributed by atoms with Crippen LogP contribution in [0.3, 0.4) is 0 Å². The third-order valence-electron chi connectivity index (χ3n) is 6.58. The molecule has 2 aromatic rings. The predicted octanol–water partition coefficient (Wildman–Crippen LogP) is 5.96. The van der Waals surface area contributed by atoms with E-state index in [0.717, 1.165) is 17.0 Å². The highest BCUT2D eigenvalue weighted by atomic mass is 32.2. The summed E-state index contributed by atoms with van der Waals surface area (Å²) in [5, 5.41) is 13.8. The molecule has 2 aromatic heterocycles. The zero-order valence-electron chi connectivity index (χ0n) is 19.2. The van der Waals surface area contributed by atoms with Gasteiger partial charge in [0.1, 0.15) is 12.1 Å². The number of aromatic nitrogens is 3. The van der Waals surface area contributed by atoms with Crippen LogP contribution < -0.4 is 15.0 Å². The van der Waals surface area contributed by atoms with E-state index in [2.05, 4.69) is 17.0 Å². The highest BCUT2D eigenvalue weighted by Gasteiger charge is 2.49. The summed E-state index contributed by atoms with van der Waals surface area (Å²) in [6.45, 7) is 8.19. The minimum atomic E-state index is -4.66. The first-order valence-corrected chi connectivity index (χ1v) is 12.2. The van der Waals surface area contributed by atoms with Crippen molar-refractivity contribution in [1.29, 1.82) is 0 Å². The van der Waals surface area contributed by atoms with Crippen LogP contribution in [0, 0.1) is 5.41 Å². The van der Waals surface area contributed by atoms with Gasteiger partial charge in [-0.15, -0.1) is 0 Å². The average Bonchev–Trinajstić information content (AvgIpc) is 3.46. The number of hydrogen-bond donors (Lipinski definition) is 2. The maximum absolute atomic E-state index is 14.3. The van der Waals surface area contributed by atoms with Gasteiger partial charge in [0.05, 0.1) is 22.8 Å². The third-order valence-corrected chi connectivity index (χ3v) is 7.17. The lowest BCUT2D eigenvalue weighted by molar-refractivity contribution is -0.729. The highest BCUT2D eigenvalue weighted by molar-refractivity contribution is 7.96. The molecule has 3 N–H and O–H groups in total. The molecule has 0 spiro atoms. The number of nitrogens with two attached hydrogens (primary N) is 1. The minimum Gasteiger partial charge on any atom is -0.354 e. The smallest absolute Gasteiger partial charge is 0.354 e. The van der Waals surface area contributed by atoms with Crippen molar-refractivity contribution < 1.29 is 26.5 Å². The van der Waals surface area contributed by atoms with Gasteiger partial charge < -0.3 is 5.32 Å². The number of nitrogens with zero attached hydrogens (tertiary/aromatic N) is 3. The van der Waals surface area contributed by atoms with Crippen molar-refractivity contribution >= 4 is 23.3 Å². The van der Waals surface area contributed by atoms with Gasteiger partial charge in [-0.2, -0.15) is 22.8 Å². The molecule has 186 valence electrons. The van der Waals surface area contributed by atoms with Gasteiger partial charge >= 0.3 is 6.18 Å². The summed E-state index contributed by atoms with van der Waals surface area (Å²) in [4.78, 5) is 0. The molecule has 2 saturated carbocycles. The van der Waals surface area contributed by atoms with Crippen molar-refractivity contribution in [3.8, 4) is 0 Å². The highest BCUT2D eigenvalue weighted by Crippen LogP contribution is 2.51. The SMILES string of the molecule is C=C(Nc1cc[n+](CC)c(SN)c1)c1c(C(F)(F)F)c(C2CC2)nn1CC1(C)CCC(F)(F)C1. The van der Waals surface area contributed by atoms with E-state index in [1.54, 1.807) is 25.3 Å². The van der Waals surface area contributed by atoms with Crippen LogP contribution in [0.25, 0.3) is 5.70 Å². The Bertz CT molecular complexity index is 1090. The van der Waals surface area contributed by atoms with Crippen LogP contribution in [0.15, 0.2) is 29.9 Å². The van der Waals surface area contributed by atoms with E-state index in [9.17, 15) is 22.0 Å². The van der Waals surface area contributed by atoms with Crippen LogP contribution in [-0.2, 0) is 19.3 Å². The van der Waals surface area contributed by atoms with Crippen LogP contribution in [-0.4, -0.2) is 15.7 Å². The summed E-state index contributed by atoms with van der Waals surface area (Å²) in [6.07, 6.45) is -2.07. The Labute approximate surface area is 199 Å². The zero-order valence-corrected chi connectivity index (χ0v) is 20.0. The Morgan fingerprint density at radius 2 is 2.06 bits per heavy atom. The van der Waals surface area contributed by atoms with E-state index in [-0.39, 0.29) is 48.8 Å². The van der Waals surface area contributed by atoms with Gasteiger partial charge in [-0.05, 0) is 31.6 Å². The van der Waals surface area contributed by atoms with E-state index >= 15 is 0 Å². The molecule has 4 rings (SSSR count). The lowest BCUT2D eigenvalue weighted by Gasteiger charge is -2.25. The molecule has 2 aliphatic rings. The van der Waals surface area contributed by atoms with Crippen molar-refractivity contribution in [1.82, 2.24) is 9.78 Å². The molecule has 0 bridgehead atoms. The van der Waals surface area contributed by atoms with Crippen LogP contribution in [0.1, 0.15) is 68.8 Å². The number of pyridine rings is 1. The Balaban J connectivity index is 1.74. The fourth-order valence-corrected chi connectivity index (χ4v) is 5.31. The first kappa shape index (κ1) is 25.0. The Morgan fingerprint density at radius 1 is 1.35 bits per heavy atom. The largest absolute Gasteiger partial charge is 0.420 e. The lowest BCUT2D eigenvalue weighted by Crippen LogP contribution is -2.34. The molecule has 5 nitrogen and oxygen atoms in total. The summed E-state index contributed by atoms with van der Waals surface area (Å²) in [6, 6.07) is 3.46. The molecule has 1 unspecified atom stereocenters. The summed E-state index contributed by atoms with van der Waals surface area (Å²) in [7, 11) is 0. The summed E-state index contributed by atoms with van der Waals surface area (Å²) in [5.41, 5.74) is -1.36. The van der Waals surface area contributed by atoms with Gasteiger partial charge in [-0.3, -0.25) is 9.82 Å². The number of nitrogens with one attached hydrogen (secondary N) is 1. The number of hydrogen-bond acceptors (Lipinski definition) is 4. The summed E-state index contributed by atoms with van der Waals surface area (Å²) < 4.78 is 74.0. The number of anilines is 1. The van der Waals surface area contributed by atoms with Gasteiger partial charge in [0.25, 0.3) is 5.03 Å². The predicted molar refractivity (Wildman–Crippen MR) is 121 cm³/mol. The molecule has 0 amide bonds. The van der Waals surface area contributed by atoms with Gasteiger partial charge in [0.15, 0.2) is 6.20 Å². The number of halogens is 5. The number of aryl methyl sites for hydroxylation is 1. The normalized spacial score (nSPS) is 22.2. The van der Waals surface area contributed by atoms with Crippen molar-refractivity contribution in [2.75, 3.05) is 5.32 Å². The van der Waals surface area contributed by atoms with Crippen molar-refractivity contribution in [2.24, 2.45) is 10.6 Å². The fourth-order valence-electron chi connectivity index (χ4n) is 4.79. The molecule has 0 saturated heterocycles. The molecular formula is C23H29F5N5S+. The van der Waals surface area contributed by atoms with Crippen molar-refractivity contribution in [3.63, 3.8) is 0 Å². The second kappa shape index (κ2) is 8.82. The van der Waals surface area contributed by atoms with Crippen molar-refractivity contribution in [2.45, 2.75) is 82.1 Å². The van der Waals surface area contributed by atoms with E-state index in [1.165, 1.54) is 4.68 Å². The van der Waals surface area contributed by atoms with Crippen LogP contribution >= 0.6 is 11.9 Å². The average molecular weight is 503 g/mol. The topological polar surface area (TPSA) is 59.8 Å². The Hall–Kier alpha value is -2.14. The quantitative estimate of drug-likeness (QED) is 0.266. The third kappa shape index (κ3) is 5.10. The second-order valence-corrected chi connectivity index (χ2v) is 10.3. The molecule has 2 fully saturated rings. The van der Waals surface area contributed by atoms with E-state index in [4.69, 9.17) is 5.14 Å². The molecule has 0 aromatic carbocycles. The number of alkyl halides is 5. The maximum atomic E-state index is 14.3. The van der Waals surface area contributed by atoms with Gasteiger partial charge in [0.2, 0.25) is 5.92 Å².